The molecule has 0 aromatic carbocycles. The van der Waals surface area contributed by atoms with E-state index in [-0.39, 0.29) is 29.5 Å². The van der Waals surface area contributed by atoms with E-state index < -0.39 is 0 Å². The molecule has 1 heterocycles. The molecular formula is C16H29IN4O. The van der Waals surface area contributed by atoms with Crippen molar-refractivity contribution in [3.63, 3.8) is 0 Å². The summed E-state index contributed by atoms with van der Waals surface area (Å²) < 4.78 is 1.83. The Labute approximate surface area is 150 Å². The zero-order valence-corrected chi connectivity index (χ0v) is 16.4. The first-order valence-electron chi connectivity index (χ1n) is 7.65. The predicted molar refractivity (Wildman–Crippen MR) is 104 cm³/mol. The van der Waals surface area contributed by atoms with Crippen molar-refractivity contribution >= 4 is 29.9 Å². The second-order valence-corrected chi connectivity index (χ2v) is 5.64. The topological polar surface area (TPSA) is 58.4 Å². The van der Waals surface area contributed by atoms with Crippen molar-refractivity contribution in [1.29, 1.82) is 0 Å². The van der Waals surface area contributed by atoms with Gasteiger partial charge in [0.2, 0.25) is 0 Å². The molecule has 0 aliphatic heterocycles. The number of halogens is 1. The first kappa shape index (κ1) is 20.9. The van der Waals surface area contributed by atoms with Crippen molar-refractivity contribution < 1.29 is 0 Å². The van der Waals surface area contributed by atoms with Gasteiger partial charge in [-0.2, -0.15) is 0 Å². The lowest BCUT2D eigenvalue weighted by molar-refractivity contribution is 0.570. The van der Waals surface area contributed by atoms with Crippen LogP contribution in [0.25, 0.3) is 0 Å². The van der Waals surface area contributed by atoms with Gasteiger partial charge in [0.05, 0.1) is 0 Å². The van der Waals surface area contributed by atoms with Gasteiger partial charge >= 0.3 is 0 Å². The number of aliphatic imine (C=N–C) groups is 1. The van der Waals surface area contributed by atoms with Gasteiger partial charge in [0.25, 0.3) is 5.56 Å². The van der Waals surface area contributed by atoms with Crippen LogP contribution < -0.4 is 16.2 Å². The van der Waals surface area contributed by atoms with E-state index in [1.807, 2.05) is 17.6 Å². The molecule has 0 bridgehead atoms. The Morgan fingerprint density at radius 1 is 1.27 bits per heavy atom. The number of nitrogens with one attached hydrogen (secondary N) is 2. The molecule has 5 nitrogen and oxygen atoms in total. The Kier molecular flexibility index (Phi) is 11.0. The van der Waals surface area contributed by atoms with E-state index in [0.717, 1.165) is 44.1 Å². The molecule has 0 fully saturated rings. The zero-order valence-electron chi connectivity index (χ0n) is 14.1. The first-order chi connectivity index (χ1) is 10.0. The van der Waals surface area contributed by atoms with Crippen LogP contribution in [0.1, 0.15) is 32.4 Å². The number of hydrogen-bond donors (Lipinski definition) is 2. The third kappa shape index (κ3) is 7.82. The molecule has 1 rings (SSSR count). The summed E-state index contributed by atoms with van der Waals surface area (Å²) >= 11 is 0. The van der Waals surface area contributed by atoms with E-state index in [9.17, 15) is 4.79 Å². The summed E-state index contributed by atoms with van der Waals surface area (Å²) in [5.74, 6) is 1.44. The lowest BCUT2D eigenvalue weighted by Crippen LogP contribution is -2.39. The molecule has 0 aliphatic carbocycles. The highest BCUT2D eigenvalue weighted by Gasteiger charge is 2.00. The Morgan fingerprint density at radius 3 is 2.59 bits per heavy atom. The van der Waals surface area contributed by atoms with Crippen LogP contribution in [-0.4, -0.2) is 30.7 Å². The van der Waals surface area contributed by atoms with Gasteiger partial charge in [0, 0.05) is 38.4 Å². The molecule has 6 heteroatoms. The van der Waals surface area contributed by atoms with E-state index in [0.29, 0.717) is 5.92 Å². The summed E-state index contributed by atoms with van der Waals surface area (Å²) in [5.41, 5.74) is 1.10. The van der Waals surface area contributed by atoms with Crippen molar-refractivity contribution in [2.45, 2.75) is 40.2 Å². The maximum atomic E-state index is 11.7. The summed E-state index contributed by atoms with van der Waals surface area (Å²) in [6, 6.07) is 5.39. The average Bonchev–Trinajstić information content (AvgIpc) is 2.44. The fourth-order valence-corrected chi connectivity index (χ4v) is 2.03. The van der Waals surface area contributed by atoms with Crippen molar-refractivity contribution in [2.24, 2.45) is 10.9 Å². The fourth-order valence-electron chi connectivity index (χ4n) is 2.03. The Hall–Kier alpha value is -1.05. The Balaban J connectivity index is 0.00000441. The number of hydrogen-bond acceptors (Lipinski definition) is 2. The van der Waals surface area contributed by atoms with Crippen molar-refractivity contribution in [1.82, 2.24) is 15.2 Å². The number of rotatable bonds is 7. The minimum atomic E-state index is 0. The summed E-state index contributed by atoms with van der Waals surface area (Å²) in [7, 11) is 1.78. The maximum absolute atomic E-state index is 11.7. The van der Waals surface area contributed by atoms with Crippen molar-refractivity contribution in [3.05, 3.63) is 34.2 Å². The van der Waals surface area contributed by atoms with Crippen molar-refractivity contribution in [2.75, 3.05) is 20.1 Å². The second kappa shape index (κ2) is 11.5. The molecule has 0 spiro atoms. The summed E-state index contributed by atoms with van der Waals surface area (Å²) in [5, 5.41) is 6.57. The van der Waals surface area contributed by atoms with Gasteiger partial charge in [0.1, 0.15) is 0 Å². The molecule has 1 aromatic rings. The number of pyridine rings is 1. The number of unbranched alkanes of at least 4 members (excludes halogenated alkanes) is 1. The summed E-state index contributed by atoms with van der Waals surface area (Å²) in [6.07, 6.45) is 1.97. The largest absolute Gasteiger partial charge is 0.356 e. The van der Waals surface area contributed by atoms with E-state index in [1.165, 1.54) is 0 Å². The molecule has 126 valence electrons. The SMILES string of the molecule is CN=C(NCCCCn1c(C)cccc1=O)NCC(C)C.I. The fraction of sp³-hybridized carbons (Fsp3) is 0.625. The maximum Gasteiger partial charge on any atom is 0.250 e. The molecule has 0 atom stereocenters. The van der Waals surface area contributed by atoms with Gasteiger partial charge < -0.3 is 15.2 Å². The third-order valence-electron chi connectivity index (χ3n) is 3.27. The molecule has 0 saturated heterocycles. The van der Waals surface area contributed by atoms with Crippen LogP contribution in [0.2, 0.25) is 0 Å². The number of nitrogens with zero attached hydrogens (tertiary/aromatic N) is 2. The molecule has 0 amide bonds. The normalized spacial score (nSPS) is 11.2. The summed E-state index contributed by atoms with van der Waals surface area (Å²) in [6.45, 7) is 8.85. The van der Waals surface area contributed by atoms with Gasteiger partial charge in [-0.05, 0) is 31.7 Å². The van der Waals surface area contributed by atoms with Gasteiger partial charge in [-0.25, -0.2) is 0 Å². The van der Waals surface area contributed by atoms with E-state index in [4.69, 9.17) is 0 Å². The van der Waals surface area contributed by atoms with Crippen LogP contribution in [0.3, 0.4) is 0 Å². The number of guanidine groups is 1. The smallest absolute Gasteiger partial charge is 0.250 e. The monoisotopic (exact) mass is 420 g/mol. The van der Waals surface area contributed by atoms with Crippen LogP contribution in [0, 0.1) is 12.8 Å². The summed E-state index contributed by atoms with van der Waals surface area (Å²) in [4.78, 5) is 15.9. The average molecular weight is 420 g/mol. The molecule has 2 N–H and O–H groups in total. The molecule has 0 radical (unpaired) electrons. The lowest BCUT2D eigenvalue weighted by atomic mass is 10.2. The van der Waals surface area contributed by atoms with E-state index in [1.54, 1.807) is 19.2 Å². The van der Waals surface area contributed by atoms with Gasteiger partial charge in [-0.3, -0.25) is 9.79 Å². The van der Waals surface area contributed by atoms with Crippen LogP contribution >= 0.6 is 24.0 Å². The number of aromatic nitrogens is 1. The Bertz CT molecular complexity index is 511. The number of aryl methyl sites for hydroxylation is 1. The molecule has 0 aliphatic rings. The van der Waals surface area contributed by atoms with Gasteiger partial charge in [-0.15, -0.1) is 24.0 Å². The highest BCUT2D eigenvalue weighted by Crippen LogP contribution is 1.97. The van der Waals surface area contributed by atoms with Crippen LogP contribution in [-0.2, 0) is 6.54 Å². The molecule has 1 aromatic heterocycles. The van der Waals surface area contributed by atoms with E-state index in [2.05, 4.69) is 29.5 Å². The highest BCUT2D eigenvalue weighted by molar-refractivity contribution is 14.0. The quantitative estimate of drug-likeness (QED) is 0.308. The highest BCUT2D eigenvalue weighted by atomic mass is 127. The zero-order chi connectivity index (χ0) is 15.7. The molecule has 22 heavy (non-hydrogen) atoms. The predicted octanol–water partition coefficient (Wildman–Crippen LogP) is 2.38. The molecular weight excluding hydrogens is 391 g/mol. The van der Waals surface area contributed by atoms with Crippen LogP contribution in [0.5, 0.6) is 0 Å². The van der Waals surface area contributed by atoms with E-state index >= 15 is 0 Å². The Morgan fingerprint density at radius 2 is 2.00 bits per heavy atom. The second-order valence-electron chi connectivity index (χ2n) is 5.64. The van der Waals surface area contributed by atoms with Crippen molar-refractivity contribution in [3.8, 4) is 0 Å². The van der Waals surface area contributed by atoms with Gasteiger partial charge in [-0.1, -0.05) is 19.9 Å². The standard InChI is InChI=1S/C16H28N4O.HI/c1-13(2)12-19-16(17-4)18-10-5-6-11-20-14(3)8-7-9-15(20)21;/h7-9,13H,5-6,10-12H2,1-4H3,(H2,17,18,19);1H. The lowest BCUT2D eigenvalue weighted by Gasteiger charge is -2.13. The van der Waals surface area contributed by atoms with Crippen LogP contribution in [0.15, 0.2) is 28.0 Å². The minimum absolute atomic E-state index is 0. The minimum Gasteiger partial charge on any atom is -0.356 e. The van der Waals surface area contributed by atoms with Crippen LogP contribution in [0.4, 0.5) is 0 Å². The van der Waals surface area contributed by atoms with Gasteiger partial charge in [0.15, 0.2) is 5.96 Å². The first-order valence-corrected chi connectivity index (χ1v) is 7.65. The third-order valence-corrected chi connectivity index (χ3v) is 3.27. The molecule has 0 unspecified atom stereocenters. The molecule has 0 saturated carbocycles.